The van der Waals surface area contributed by atoms with Crippen LogP contribution in [-0.4, -0.2) is 42.8 Å². The van der Waals surface area contributed by atoms with Crippen molar-refractivity contribution in [3.8, 4) is 0 Å². The molecular formula is C21H37NO4. The third-order valence-corrected chi connectivity index (χ3v) is 4.60. The first-order chi connectivity index (χ1) is 12.6. The minimum Gasteiger partial charge on any atom is -0.464 e. The number of carbonyl (C=O) groups is 2. The lowest BCUT2D eigenvalue weighted by Crippen LogP contribution is -2.42. The van der Waals surface area contributed by atoms with Crippen LogP contribution < -0.4 is 0 Å². The topological polar surface area (TPSA) is 55.8 Å². The maximum Gasteiger partial charge on any atom is 0.410 e. The molecule has 0 aromatic rings. The number of carbonyl (C=O) groups excluding carboxylic acids is 2. The molecule has 5 heteroatoms. The SMILES string of the molecule is C=CCCCCCCCCCOC(=O)[C@@H]1CCCN1C(=O)OCC(C)C. The monoisotopic (exact) mass is 367 g/mol. The fraction of sp³-hybridized carbons (Fsp3) is 0.810. The van der Waals surface area contributed by atoms with E-state index in [9.17, 15) is 9.59 Å². The highest BCUT2D eigenvalue weighted by molar-refractivity contribution is 5.82. The van der Waals surface area contributed by atoms with Crippen molar-refractivity contribution in [1.29, 1.82) is 0 Å². The van der Waals surface area contributed by atoms with Gasteiger partial charge in [0.25, 0.3) is 0 Å². The van der Waals surface area contributed by atoms with E-state index in [0.29, 0.717) is 26.2 Å². The Morgan fingerprint density at radius 2 is 1.73 bits per heavy atom. The summed E-state index contributed by atoms with van der Waals surface area (Å²) in [5.74, 6) is 0.00219. The molecule has 1 heterocycles. The van der Waals surface area contributed by atoms with Gasteiger partial charge in [0, 0.05) is 6.54 Å². The molecule has 0 radical (unpaired) electrons. The normalized spacial score (nSPS) is 16.7. The summed E-state index contributed by atoms with van der Waals surface area (Å²) in [7, 11) is 0. The fourth-order valence-electron chi connectivity index (χ4n) is 3.09. The molecule has 1 atom stereocenters. The van der Waals surface area contributed by atoms with Gasteiger partial charge in [-0.05, 0) is 38.0 Å². The molecule has 0 spiro atoms. The molecule has 1 aliphatic rings. The van der Waals surface area contributed by atoms with E-state index in [2.05, 4.69) is 6.58 Å². The predicted octanol–water partition coefficient (Wildman–Crippen LogP) is 5.09. The highest BCUT2D eigenvalue weighted by atomic mass is 16.6. The zero-order valence-electron chi connectivity index (χ0n) is 16.7. The van der Waals surface area contributed by atoms with Gasteiger partial charge in [-0.1, -0.05) is 52.0 Å². The van der Waals surface area contributed by atoms with E-state index in [0.717, 1.165) is 25.7 Å². The molecule has 0 aliphatic carbocycles. The van der Waals surface area contributed by atoms with Crippen molar-refractivity contribution in [3.63, 3.8) is 0 Å². The molecule has 1 amide bonds. The molecule has 0 N–H and O–H groups in total. The smallest absolute Gasteiger partial charge is 0.410 e. The number of amides is 1. The molecule has 1 aliphatic heterocycles. The number of unbranched alkanes of at least 4 members (excludes halogenated alkanes) is 7. The van der Waals surface area contributed by atoms with Crippen LogP contribution in [0.5, 0.6) is 0 Å². The van der Waals surface area contributed by atoms with Gasteiger partial charge in [0.2, 0.25) is 0 Å². The number of likely N-dealkylation sites (tertiary alicyclic amines) is 1. The zero-order chi connectivity index (χ0) is 19.2. The van der Waals surface area contributed by atoms with Gasteiger partial charge in [0.15, 0.2) is 0 Å². The van der Waals surface area contributed by atoms with Crippen LogP contribution in [0.3, 0.4) is 0 Å². The minimum absolute atomic E-state index is 0.284. The molecule has 1 saturated heterocycles. The van der Waals surface area contributed by atoms with E-state index in [1.807, 2.05) is 19.9 Å². The quantitative estimate of drug-likeness (QED) is 0.258. The third-order valence-electron chi connectivity index (χ3n) is 4.60. The third kappa shape index (κ3) is 9.25. The molecule has 0 saturated carbocycles. The Hall–Kier alpha value is -1.52. The van der Waals surface area contributed by atoms with Crippen molar-refractivity contribution in [2.24, 2.45) is 5.92 Å². The van der Waals surface area contributed by atoms with Crippen molar-refractivity contribution < 1.29 is 19.1 Å². The molecule has 0 bridgehead atoms. The molecule has 150 valence electrons. The summed E-state index contributed by atoms with van der Waals surface area (Å²) in [6, 6.07) is -0.473. The molecule has 0 aromatic carbocycles. The van der Waals surface area contributed by atoms with Crippen LogP contribution in [-0.2, 0) is 14.3 Å². The van der Waals surface area contributed by atoms with Crippen molar-refractivity contribution in [1.82, 2.24) is 4.90 Å². The molecule has 0 unspecified atom stereocenters. The van der Waals surface area contributed by atoms with Crippen molar-refractivity contribution >= 4 is 12.1 Å². The number of rotatable bonds is 13. The van der Waals surface area contributed by atoms with Crippen molar-refractivity contribution in [2.75, 3.05) is 19.8 Å². The Kier molecular flexibility index (Phi) is 11.8. The Balaban J connectivity index is 2.12. The van der Waals surface area contributed by atoms with E-state index in [1.54, 1.807) is 0 Å². The summed E-state index contributed by atoms with van der Waals surface area (Å²) in [5, 5.41) is 0. The van der Waals surface area contributed by atoms with Crippen LogP contribution in [0.1, 0.15) is 78.1 Å². The van der Waals surface area contributed by atoms with Crippen molar-refractivity contribution in [2.45, 2.75) is 84.1 Å². The molecule has 26 heavy (non-hydrogen) atoms. The molecule has 1 fully saturated rings. The fourth-order valence-corrected chi connectivity index (χ4v) is 3.09. The average molecular weight is 368 g/mol. The van der Waals surface area contributed by atoms with Gasteiger partial charge in [-0.15, -0.1) is 6.58 Å². The number of hydrogen-bond donors (Lipinski definition) is 0. The van der Waals surface area contributed by atoms with Gasteiger partial charge >= 0.3 is 12.1 Å². The summed E-state index contributed by atoms with van der Waals surface area (Å²) in [6.07, 6.45) is 12.3. The van der Waals surface area contributed by atoms with Crippen molar-refractivity contribution in [3.05, 3.63) is 12.7 Å². The van der Waals surface area contributed by atoms with Gasteiger partial charge in [0.05, 0.1) is 13.2 Å². The lowest BCUT2D eigenvalue weighted by Gasteiger charge is -2.23. The Labute approximate surface area is 159 Å². The van der Waals surface area contributed by atoms with Crippen LogP contribution in [0.4, 0.5) is 4.79 Å². The summed E-state index contributed by atoms with van der Waals surface area (Å²) >= 11 is 0. The Morgan fingerprint density at radius 3 is 2.38 bits per heavy atom. The number of ether oxygens (including phenoxy) is 2. The van der Waals surface area contributed by atoms with Crippen LogP contribution in [0, 0.1) is 5.92 Å². The van der Waals surface area contributed by atoms with Gasteiger partial charge in [-0.25, -0.2) is 9.59 Å². The summed E-state index contributed by atoms with van der Waals surface area (Å²) in [6.45, 7) is 9.11. The van der Waals surface area contributed by atoms with E-state index in [4.69, 9.17) is 9.47 Å². The molecule has 0 aromatic heterocycles. The van der Waals surface area contributed by atoms with E-state index in [1.165, 1.54) is 37.0 Å². The van der Waals surface area contributed by atoms with Gasteiger partial charge in [-0.3, -0.25) is 4.90 Å². The lowest BCUT2D eigenvalue weighted by atomic mass is 10.1. The maximum absolute atomic E-state index is 12.3. The second-order valence-electron chi connectivity index (χ2n) is 7.54. The largest absolute Gasteiger partial charge is 0.464 e. The van der Waals surface area contributed by atoms with Crippen LogP contribution in [0.2, 0.25) is 0 Å². The second kappa shape index (κ2) is 13.7. The Bertz CT molecular complexity index is 422. The first kappa shape index (κ1) is 22.5. The average Bonchev–Trinajstić information content (AvgIpc) is 3.11. The van der Waals surface area contributed by atoms with Crippen LogP contribution in [0.15, 0.2) is 12.7 Å². The highest BCUT2D eigenvalue weighted by Gasteiger charge is 2.36. The second-order valence-corrected chi connectivity index (χ2v) is 7.54. The predicted molar refractivity (Wildman–Crippen MR) is 104 cm³/mol. The maximum atomic E-state index is 12.3. The summed E-state index contributed by atoms with van der Waals surface area (Å²) in [4.78, 5) is 25.9. The standard InChI is InChI=1S/C21H37NO4/c1-4-5-6-7-8-9-10-11-12-16-25-20(23)19-14-13-15-22(19)21(24)26-17-18(2)3/h4,18-19H,1,5-17H2,2-3H3/t19-/m0/s1. The van der Waals surface area contributed by atoms with E-state index < -0.39 is 12.1 Å². The number of nitrogens with zero attached hydrogens (tertiary/aromatic N) is 1. The van der Waals surface area contributed by atoms with Gasteiger partial charge < -0.3 is 9.47 Å². The highest BCUT2D eigenvalue weighted by Crippen LogP contribution is 2.20. The summed E-state index contributed by atoms with van der Waals surface area (Å²) in [5.41, 5.74) is 0. The Morgan fingerprint density at radius 1 is 1.08 bits per heavy atom. The summed E-state index contributed by atoms with van der Waals surface area (Å²) < 4.78 is 10.6. The first-order valence-corrected chi connectivity index (χ1v) is 10.3. The number of esters is 1. The number of allylic oxidation sites excluding steroid dienone is 1. The molecule has 5 nitrogen and oxygen atoms in total. The first-order valence-electron chi connectivity index (χ1n) is 10.3. The van der Waals surface area contributed by atoms with Gasteiger partial charge in [0.1, 0.15) is 6.04 Å². The minimum atomic E-state index is -0.473. The number of hydrogen-bond acceptors (Lipinski definition) is 4. The van der Waals surface area contributed by atoms with Gasteiger partial charge in [-0.2, -0.15) is 0 Å². The lowest BCUT2D eigenvalue weighted by molar-refractivity contribution is -0.148. The van der Waals surface area contributed by atoms with Crippen LogP contribution in [0.25, 0.3) is 0 Å². The van der Waals surface area contributed by atoms with Crippen LogP contribution >= 0.6 is 0 Å². The van der Waals surface area contributed by atoms with E-state index >= 15 is 0 Å². The molecular weight excluding hydrogens is 330 g/mol. The molecule has 1 rings (SSSR count). The van der Waals surface area contributed by atoms with E-state index in [-0.39, 0.29) is 11.9 Å². The zero-order valence-corrected chi connectivity index (χ0v) is 16.7.